The lowest BCUT2D eigenvalue weighted by molar-refractivity contribution is 0.475. The Labute approximate surface area is 115 Å². The van der Waals surface area contributed by atoms with Crippen LogP contribution in [0.4, 0.5) is 0 Å². The monoisotopic (exact) mass is 264 g/mol. The van der Waals surface area contributed by atoms with Crippen LogP contribution in [0.1, 0.15) is 0 Å². The van der Waals surface area contributed by atoms with Gasteiger partial charge in [-0.15, -0.1) is 0 Å². The third kappa shape index (κ3) is 2.44. The zero-order valence-corrected chi connectivity index (χ0v) is 10.6. The molecule has 0 atom stereocenters. The molecule has 1 aromatic heterocycles. The van der Waals surface area contributed by atoms with Crippen LogP contribution >= 0.6 is 0 Å². The van der Waals surface area contributed by atoms with E-state index >= 15 is 0 Å². The fraction of sp³-hybridized carbons (Fsp3) is 0. The van der Waals surface area contributed by atoms with E-state index in [2.05, 4.69) is 9.97 Å². The fourth-order valence-electron chi connectivity index (χ4n) is 2.04. The molecule has 2 aromatic carbocycles. The highest BCUT2D eigenvalue weighted by atomic mass is 16.3. The molecule has 3 rings (SSSR count). The molecule has 20 heavy (non-hydrogen) atoms. The highest BCUT2D eigenvalue weighted by Crippen LogP contribution is 2.23. The Morgan fingerprint density at radius 1 is 0.900 bits per heavy atom. The maximum Gasteiger partial charge on any atom is 0.345 e. The first-order valence-electron chi connectivity index (χ1n) is 6.18. The van der Waals surface area contributed by atoms with E-state index in [-0.39, 0.29) is 5.75 Å². The minimum Gasteiger partial charge on any atom is -0.508 e. The van der Waals surface area contributed by atoms with Crippen LogP contribution < -0.4 is 5.69 Å². The van der Waals surface area contributed by atoms with Crippen molar-refractivity contribution in [2.24, 2.45) is 0 Å². The topological polar surface area (TPSA) is 66.0 Å². The molecule has 4 heteroatoms. The van der Waals surface area contributed by atoms with Gasteiger partial charge >= 0.3 is 5.69 Å². The number of aromatic nitrogens is 2. The summed E-state index contributed by atoms with van der Waals surface area (Å²) in [5.74, 6) is 0.144. The van der Waals surface area contributed by atoms with E-state index in [1.165, 1.54) is 0 Å². The SMILES string of the molecule is O=c1nc(-c2cccc(O)c2)cc(-c2ccccc2)[nH]1. The zero-order valence-electron chi connectivity index (χ0n) is 10.6. The van der Waals surface area contributed by atoms with Gasteiger partial charge in [0.15, 0.2) is 0 Å². The molecule has 98 valence electrons. The van der Waals surface area contributed by atoms with Crippen molar-refractivity contribution >= 4 is 0 Å². The number of phenols is 1. The van der Waals surface area contributed by atoms with Crippen molar-refractivity contribution in [1.82, 2.24) is 9.97 Å². The van der Waals surface area contributed by atoms with Crippen molar-refractivity contribution in [1.29, 1.82) is 0 Å². The van der Waals surface area contributed by atoms with Gasteiger partial charge in [-0.1, -0.05) is 42.5 Å². The van der Waals surface area contributed by atoms with Gasteiger partial charge in [0, 0.05) is 5.56 Å². The molecule has 0 saturated carbocycles. The second kappa shape index (κ2) is 5.01. The Morgan fingerprint density at radius 3 is 2.40 bits per heavy atom. The number of hydrogen-bond acceptors (Lipinski definition) is 3. The van der Waals surface area contributed by atoms with E-state index in [9.17, 15) is 9.90 Å². The number of benzene rings is 2. The van der Waals surface area contributed by atoms with E-state index in [0.717, 1.165) is 5.56 Å². The minimum absolute atomic E-state index is 0.144. The standard InChI is InChI=1S/C16H12N2O2/c19-13-8-4-7-12(9-13)15-10-14(17-16(20)18-15)11-5-2-1-3-6-11/h1-10,19H,(H,17,18,20). The predicted molar refractivity (Wildman–Crippen MR) is 77.4 cm³/mol. The number of aromatic hydroxyl groups is 1. The fourth-order valence-corrected chi connectivity index (χ4v) is 2.04. The lowest BCUT2D eigenvalue weighted by Crippen LogP contribution is -2.11. The van der Waals surface area contributed by atoms with E-state index < -0.39 is 5.69 Å². The lowest BCUT2D eigenvalue weighted by atomic mass is 10.1. The molecule has 0 fully saturated rings. The lowest BCUT2D eigenvalue weighted by Gasteiger charge is -2.05. The predicted octanol–water partition coefficient (Wildman–Crippen LogP) is 2.81. The number of nitrogens with one attached hydrogen (secondary N) is 1. The van der Waals surface area contributed by atoms with Crippen molar-refractivity contribution in [2.75, 3.05) is 0 Å². The van der Waals surface area contributed by atoms with Crippen LogP contribution in [-0.2, 0) is 0 Å². The Hall–Kier alpha value is -2.88. The molecule has 0 amide bonds. The Bertz CT molecular complexity index is 795. The second-order valence-electron chi connectivity index (χ2n) is 4.40. The van der Waals surface area contributed by atoms with Crippen LogP contribution in [0.25, 0.3) is 22.5 Å². The number of H-pyrrole nitrogens is 1. The summed E-state index contributed by atoms with van der Waals surface area (Å²) >= 11 is 0. The molecule has 2 N–H and O–H groups in total. The normalized spacial score (nSPS) is 10.4. The highest BCUT2D eigenvalue weighted by molar-refractivity contribution is 5.68. The van der Waals surface area contributed by atoms with Crippen molar-refractivity contribution < 1.29 is 5.11 Å². The number of hydrogen-bond donors (Lipinski definition) is 2. The first-order chi connectivity index (χ1) is 9.72. The van der Waals surface area contributed by atoms with Gasteiger partial charge in [0.1, 0.15) is 5.75 Å². The zero-order chi connectivity index (χ0) is 13.9. The molecular formula is C16H12N2O2. The summed E-state index contributed by atoms with van der Waals surface area (Å²) in [5, 5.41) is 9.52. The largest absolute Gasteiger partial charge is 0.508 e. The van der Waals surface area contributed by atoms with Gasteiger partial charge in [-0.05, 0) is 23.8 Å². The molecule has 0 aliphatic heterocycles. The van der Waals surface area contributed by atoms with Crippen LogP contribution in [0.5, 0.6) is 5.75 Å². The maximum atomic E-state index is 11.7. The van der Waals surface area contributed by atoms with E-state index in [4.69, 9.17) is 0 Å². The summed E-state index contributed by atoms with van der Waals surface area (Å²) in [7, 11) is 0. The highest BCUT2D eigenvalue weighted by Gasteiger charge is 2.06. The first-order valence-corrected chi connectivity index (χ1v) is 6.18. The molecule has 0 radical (unpaired) electrons. The number of phenolic OH excluding ortho intramolecular Hbond substituents is 1. The van der Waals surface area contributed by atoms with Crippen LogP contribution in [0.3, 0.4) is 0 Å². The molecule has 0 unspecified atom stereocenters. The average molecular weight is 264 g/mol. The Balaban J connectivity index is 2.15. The summed E-state index contributed by atoms with van der Waals surface area (Å²) in [5.41, 5.74) is 2.43. The van der Waals surface area contributed by atoms with Crippen molar-refractivity contribution in [3.63, 3.8) is 0 Å². The summed E-state index contributed by atoms with van der Waals surface area (Å²) in [6.45, 7) is 0. The third-order valence-corrected chi connectivity index (χ3v) is 2.97. The first kappa shape index (κ1) is 12.2. The van der Waals surface area contributed by atoms with Gasteiger partial charge in [0.05, 0.1) is 11.4 Å². The van der Waals surface area contributed by atoms with Gasteiger partial charge in [-0.25, -0.2) is 4.79 Å². The van der Waals surface area contributed by atoms with Crippen LogP contribution in [0.2, 0.25) is 0 Å². The molecule has 0 aliphatic rings. The van der Waals surface area contributed by atoms with E-state index in [1.807, 2.05) is 30.3 Å². The molecule has 0 spiro atoms. The summed E-state index contributed by atoms with van der Waals surface area (Å²) < 4.78 is 0. The molecule has 0 aliphatic carbocycles. The second-order valence-corrected chi connectivity index (χ2v) is 4.40. The van der Waals surface area contributed by atoms with Crippen LogP contribution in [0.15, 0.2) is 65.5 Å². The number of rotatable bonds is 2. The smallest absolute Gasteiger partial charge is 0.345 e. The van der Waals surface area contributed by atoms with E-state index in [0.29, 0.717) is 17.0 Å². The Morgan fingerprint density at radius 2 is 1.65 bits per heavy atom. The minimum atomic E-state index is -0.412. The molecule has 3 aromatic rings. The van der Waals surface area contributed by atoms with Crippen molar-refractivity contribution in [3.8, 4) is 28.3 Å². The van der Waals surface area contributed by atoms with Gasteiger partial charge in [0.25, 0.3) is 0 Å². The molecule has 0 saturated heterocycles. The van der Waals surface area contributed by atoms with E-state index in [1.54, 1.807) is 30.3 Å². The van der Waals surface area contributed by atoms with Gasteiger partial charge in [0.2, 0.25) is 0 Å². The molecule has 1 heterocycles. The quantitative estimate of drug-likeness (QED) is 0.748. The summed E-state index contributed by atoms with van der Waals surface area (Å²) in [6.07, 6.45) is 0. The van der Waals surface area contributed by atoms with Gasteiger partial charge in [-0.2, -0.15) is 4.98 Å². The average Bonchev–Trinajstić information content (AvgIpc) is 2.47. The molecule has 0 bridgehead atoms. The third-order valence-electron chi connectivity index (χ3n) is 2.97. The molecular weight excluding hydrogens is 252 g/mol. The van der Waals surface area contributed by atoms with Gasteiger partial charge in [-0.3, -0.25) is 0 Å². The maximum absolute atomic E-state index is 11.7. The van der Waals surface area contributed by atoms with Crippen LogP contribution in [0, 0.1) is 0 Å². The molecule has 4 nitrogen and oxygen atoms in total. The van der Waals surface area contributed by atoms with Crippen molar-refractivity contribution in [3.05, 3.63) is 71.1 Å². The van der Waals surface area contributed by atoms with Crippen molar-refractivity contribution in [2.45, 2.75) is 0 Å². The van der Waals surface area contributed by atoms with Gasteiger partial charge < -0.3 is 10.1 Å². The van der Waals surface area contributed by atoms with Crippen LogP contribution in [-0.4, -0.2) is 15.1 Å². The number of aromatic amines is 1. The summed E-state index contributed by atoms with van der Waals surface area (Å²) in [4.78, 5) is 18.4. The Kier molecular flexibility index (Phi) is 3.05. The summed E-state index contributed by atoms with van der Waals surface area (Å²) in [6, 6.07) is 18.0. The number of nitrogens with zero attached hydrogens (tertiary/aromatic N) is 1.